The van der Waals surface area contributed by atoms with Crippen LogP contribution in [0.15, 0.2) is 52.4 Å². The SMILES string of the molecule is COc1ccc(-n2c(SCC(=O)NCC3CCCCC3)nc3ccccc3c2=O)cc1OC. The van der Waals surface area contributed by atoms with Gasteiger partial charge in [-0.1, -0.05) is 43.2 Å². The van der Waals surface area contributed by atoms with Gasteiger partial charge in [-0.3, -0.25) is 14.2 Å². The van der Waals surface area contributed by atoms with Crippen molar-refractivity contribution in [3.63, 3.8) is 0 Å². The van der Waals surface area contributed by atoms with Crippen molar-refractivity contribution < 1.29 is 14.3 Å². The Morgan fingerprint density at radius 3 is 2.61 bits per heavy atom. The number of fused-ring (bicyclic) bond motifs is 1. The minimum atomic E-state index is -0.196. The highest BCUT2D eigenvalue weighted by molar-refractivity contribution is 7.99. The molecule has 1 aromatic heterocycles. The van der Waals surface area contributed by atoms with Gasteiger partial charge in [0.25, 0.3) is 5.56 Å². The molecule has 7 nitrogen and oxygen atoms in total. The van der Waals surface area contributed by atoms with Crippen LogP contribution in [0.4, 0.5) is 0 Å². The van der Waals surface area contributed by atoms with Gasteiger partial charge < -0.3 is 14.8 Å². The summed E-state index contributed by atoms with van der Waals surface area (Å²) in [6, 6.07) is 12.5. The summed E-state index contributed by atoms with van der Waals surface area (Å²) in [5.74, 6) is 1.78. The molecule has 0 atom stereocenters. The van der Waals surface area contributed by atoms with E-state index >= 15 is 0 Å². The van der Waals surface area contributed by atoms with E-state index in [1.165, 1.54) is 48.4 Å². The molecule has 1 aliphatic rings. The Hall–Kier alpha value is -3.00. The highest BCUT2D eigenvalue weighted by Gasteiger charge is 2.18. The molecule has 0 bridgehead atoms. The van der Waals surface area contributed by atoms with Crippen LogP contribution in [-0.4, -0.2) is 42.0 Å². The summed E-state index contributed by atoms with van der Waals surface area (Å²) in [6.07, 6.45) is 6.14. The molecule has 174 valence electrons. The number of ether oxygens (including phenoxy) is 2. The average molecular weight is 468 g/mol. The van der Waals surface area contributed by atoms with Crippen LogP contribution in [0.25, 0.3) is 16.6 Å². The topological polar surface area (TPSA) is 82.5 Å². The molecule has 0 saturated heterocycles. The monoisotopic (exact) mass is 467 g/mol. The number of nitrogens with zero attached hydrogens (tertiary/aromatic N) is 2. The summed E-state index contributed by atoms with van der Waals surface area (Å²) in [6.45, 7) is 0.715. The number of methoxy groups -OCH3 is 2. The van der Waals surface area contributed by atoms with Crippen LogP contribution in [-0.2, 0) is 4.79 Å². The van der Waals surface area contributed by atoms with Crippen LogP contribution in [0.2, 0.25) is 0 Å². The molecule has 1 fully saturated rings. The molecule has 2 aromatic carbocycles. The van der Waals surface area contributed by atoms with Gasteiger partial charge in [-0.2, -0.15) is 0 Å². The maximum Gasteiger partial charge on any atom is 0.266 e. The van der Waals surface area contributed by atoms with Crippen molar-refractivity contribution in [3.05, 3.63) is 52.8 Å². The maximum atomic E-state index is 13.4. The van der Waals surface area contributed by atoms with E-state index in [0.29, 0.717) is 45.7 Å². The van der Waals surface area contributed by atoms with Gasteiger partial charge in [-0.15, -0.1) is 0 Å². The lowest BCUT2D eigenvalue weighted by atomic mass is 9.89. The number of hydrogen-bond donors (Lipinski definition) is 1. The minimum Gasteiger partial charge on any atom is -0.493 e. The third-order valence-corrected chi connectivity index (χ3v) is 6.95. The molecule has 1 heterocycles. The highest BCUT2D eigenvalue weighted by atomic mass is 32.2. The van der Waals surface area contributed by atoms with Crippen LogP contribution in [0.5, 0.6) is 11.5 Å². The number of amides is 1. The summed E-state index contributed by atoms with van der Waals surface area (Å²) < 4.78 is 12.3. The Labute approximate surface area is 197 Å². The lowest BCUT2D eigenvalue weighted by Gasteiger charge is -2.21. The first kappa shape index (κ1) is 23.2. The van der Waals surface area contributed by atoms with E-state index in [2.05, 4.69) is 5.32 Å². The Balaban J connectivity index is 1.61. The second-order valence-electron chi connectivity index (χ2n) is 8.19. The van der Waals surface area contributed by atoms with Crippen molar-refractivity contribution in [2.24, 2.45) is 5.92 Å². The maximum absolute atomic E-state index is 13.4. The minimum absolute atomic E-state index is 0.0492. The number of aromatic nitrogens is 2. The zero-order chi connectivity index (χ0) is 23.2. The molecule has 1 saturated carbocycles. The summed E-state index contributed by atoms with van der Waals surface area (Å²) >= 11 is 1.26. The molecule has 1 N–H and O–H groups in total. The third kappa shape index (κ3) is 5.33. The Morgan fingerprint density at radius 1 is 1.09 bits per heavy atom. The number of hydrogen-bond acceptors (Lipinski definition) is 6. The summed E-state index contributed by atoms with van der Waals surface area (Å²) in [7, 11) is 3.11. The van der Waals surface area contributed by atoms with Gasteiger partial charge in [0.2, 0.25) is 5.91 Å². The molecule has 1 amide bonds. The second kappa shape index (κ2) is 10.7. The number of benzene rings is 2. The number of carbonyl (C=O) groups excluding carboxylic acids is 1. The zero-order valence-corrected chi connectivity index (χ0v) is 19.8. The Bertz CT molecular complexity index is 1190. The number of nitrogens with one attached hydrogen (secondary N) is 1. The fourth-order valence-electron chi connectivity index (χ4n) is 4.23. The first-order valence-electron chi connectivity index (χ1n) is 11.2. The first-order valence-corrected chi connectivity index (χ1v) is 12.2. The number of carbonyl (C=O) groups is 1. The molecule has 1 aliphatic carbocycles. The van der Waals surface area contributed by atoms with Gasteiger partial charge >= 0.3 is 0 Å². The highest BCUT2D eigenvalue weighted by Crippen LogP contribution is 2.30. The van der Waals surface area contributed by atoms with Crippen molar-refractivity contribution in [3.8, 4) is 17.2 Å². The summed E-state index contributed by atoms with van der Waals surface area (Å²) in [5, 5.41) is 4.03. The van der Waals surface area contributed by atoms with E-state index in [1.54, 1.807) is 38.5 Å². The van der Waals surface area contributed by atoms with Crippen LogP contribution >= 0.6 is 11.8 Å². The Kier molecular flexibility index (Phi) is 7.54. The van der Waals surface area contributed by atoms with Crippen LogP contribution in [0, 0.1) is 5.92 Å². The number of para-hydroxylation sites is 1. The second-order valence-corrected chi connectivity index (χ2v) is 9.13. The van der Waals surface area contributed by atoms with Gasteiger partial charge in [0.15, 0.2) is 16.7 Å². The lowest BCUT2D eigenvalue weighted by Crippen LogP contribution is -2.31. The van der Waals surface area contributed by atoms with E-state index in [0.717, 1.165) is 0 Å². The fraction of sp³-hybridized carbons (Fsp3) is 0.400. The molecule has 4 rings (SSSR count). The molecule has 0 radical (unpaired) electrons. The molecular weight excluding hydrogens is 438 g/mol. The molecule has 0 unspecified atom stereocenters. The fourth-order valence-corrected chi connectivity index (χ4v) is 5.07. The molecule has 3 aromatic rings. The standard InChI is InChI=1S/C25H29N3O4S/c1-31-21-13-12-18(14-22(21)32-2)28-24(30)19-10-6-7-11-20(19)27-25(28)33-16-23(29)26-15-17-8-4-3-5-9-17/h6-7,10-14,17H,3-5,8-9,15-16H2,1-2H3,(H,26,29). The molecule has 0 spiro atoms. The average Bonchev–Trinajstić information content (AvgIpc) is 2.86. The predicted octanol–water partition coefficient (Wildman–Crippen LogP) is 4.19. The van der Waals surface area contributed by atoms with Gasteiger partial charge in [0.1, 0.15) is 0 Å². The summed E-state index contributed by atoms with van der Waals surface area (Å²) in [5.41, 5.74) is 1.00. The van der Waals surface area contributed by atoms with Gasteiger partial charge in [-0.25, -0.2) is 4.98 Å². The number of thioether (sulfide) groups is 1. The van der Waals surface area contributed by atoms with E-state index in [1.807, 2.05) is 18.2 Å². The molecular formula is C25H29N3O4S. The predicted molar refractivity (Wildman–Crippen MR) is 131 cm³/mol. The zero-order valence-electron chi connectivity index (χ0n) is 19.0. The van der Waals surface area contributed by atoms with Gasteiger partial charge in [0, 0.05) is 12.6 Å². The molecule has 8 heteroatoms. The molecule has 0 aliphatic heterocycles. The van der Waals surface area contributed by atoms with Crippen molar-refractivity contribution in [1.82, 2.24) is 14.9 Å². The van der Waals surface area contributed by atoms with E-state index < -0.39 is 0 Å². The third-order valence-electron chi connectivity index (χ3n) is 6.02. The van der Waals surface area contributed by atoms with Crippen LogP contribution in [0.1, 0.15) is 32.1 Å². The number of rotatable bonds is 8. The van der Waals surface area contributed by atoms with Crippen molar-refractivity contribution in [2.75, 3.05) is 26.5 Å². The van der Waals surface area contributed by atoms with E-state index in [4.69, 9.17) is 14.5 Å². The van der Waals surface area contributed by atoms with Crippen molar-refractivity contribution in [2.45, 2.75) is 37.3 Å². The van der Waals surface area contributed by atoms with Crippen LogP contribution < -0.4 is 20.3 Å². The smallest absolute Gasteiger partial charge is 0.266 e. The van der Waals surface area contributed by atoms with Crippen molar-refractivity contribution >= 4 is 28.6 Å². The Morgan fingerprint density at radius 2 is 1.85 bits per heavy atom. The largest absolute Gasteiger partial charge is 0.493 e. The van der Waals surface area contributed by atoms with E-state index in [-0.39, 0.29) is 17.2 Å². The van der Waals surface area contributed by atoms with Crippen LogP contribution in [0.3, 0.4) is 0 Å². The van der Waals surface area contributed by atoms with Gasteiger partial charge in [0.05, 0.1) is 36.6 Å². The quantitative estimate of drug-likeness (QED) is 0.395. The van der Waals surface area contributed by atoms with E-state index in [9.17, 15) is 9.59 Å². The first-order chi connectivity index (χ1) is 16.1. The van der Waals surface area contributed by atoms with Crippen molar-refractivity contribution in [1.29, 1.82) is 0 Å². The molecule has 33 heavy (non-hydrogen) atoms. The lowest BCUT2D eigenvalue weighted by molar-refractivity contribution is -0.118. The normalized spacial score (nSPS) is 14.2. The summed E-state index contributed by atoms with van der Waals surface area (Å²) in [4.78, 5) is 30.7. The van der Waals surface area contributed by atoms with Gasteiger partial charge in [-0.05, 0) is 43.0 Å².